The molecule has 0 amide bonds. The molecule has 0 aromatic heterocycles. The van der Waals surface area contributed by atoms with E-state index in [1.807, 2.05) is 0 Å². The van der Waals surface area contributed by atoms with Crippen LogP contribution in [0.4, 0.5) is 0 Å². The van der Waals surface area contributed by atoms with Crippen molar-refractivity contribution < 1.29 is 0 Å². The maximum absolute atomic E-state index is 2.48. The van der Waals surface area contributed by atoms with E-state index in [9.17, 15) is 0 Å². The summed E-state index contributed by atoms with van der Waals surface area (Å²) in [4.78, 5) is 0. The third-order valence-electron chi connectivity index (χ3n) is 7.25. The first-order chi connectivity index (χ1) is 7.01. The minimum Gasteiger partial charge on any atom is -0.0651 e. The molecule has 0 heterocycles. The van der Waals surface area contributed by atoms with E-state index in [1.54, 1.807) is 0 Å². The fourth-order valence-electron chi connectivity index (χ4n) is 4.18. The van der Waals surface area contributed by atoms with Gasteiger partial charge in [-0.1, -0.05) is 68.7 Å². The summed E-state index contributed by atoms with van der Waals surface area (Å²) >= 11 is 0. The van der Waals surface area contributed by atoms with Crippen molar-refractivity contribution in [2.45, 2.75) is 68.7 Å². The van der Waals surface area contributed by atoms with Gasteiger partial charge in [0.05, 0.1) is 0 Å². The van der Waals surface area contributed by atoms with Gasteiger partial charge in [-0.05, 0) is 34.0 Å². The van der Waals surface area contributed by atoms with Crippen LogP contribution in [0.3, 0.4) is 0 Å². The highest BCUT2D eigenvalue weighted by molar-refractivity contribution is 5.07. The molecule has 0 aromatic rings. The lowest BCUT2D eigenvalue weighted by Crippen LogP contribution is -2.58. The van der Waals surface area contributed by atoms with Crippen LogP contribution in [0.1, 0.15) is 68.7 Å². The average molecular weight is 224 g/mol. The van der Waals surface area contributed by atoms with Crippen LogP contribution < -0.4 is 0 Å². The maximum atomic E-state index is 2.48. The predicted molar refractivity (Wildman–Crippen MR) is 73.5 cm³/mol. The fourth-order valence-corrected chi connectivity index (χ4v) is 4.18. The molecule has 0 heteroatoms. The summed E-state index contributed by atoms with van der Waals surface area (Å²) in [6.45, 7) is 22.2. The number of hydrogen-bond donors (Lipinski definition) is 0. The molecule has 96 valence electrons. The Morgan fingerprint density at radius 3 is 1.31 bits per heavy atom. The van der Waals surface area contributed by atoms with Gasteiger partial charge in [0.25, 0.3) is 0 Å². The van der Waals surface area contributed by atoms with Gasteiger partial charge in [0.1, 0.15) is 0 Å². The minimum absolute atomic E-state index is 0.393. The van der Waals surface area contributed by atoms with E-state index in [1.165, 1.54) is 6.42 Å². The average Bonchev–Trinajstić information content (AvgIpc) is 2.16. The second-order valence-corrected chi connectivity index (χ2v) is 7.72. The smallest absolute Gasteiger partial charge is 0.0246 e. The zero-order valence-electron chi connectivity index (χ0n) is 12.9. The predicted octanol–water partition coefficient (Wildman–Crippen LogP) is 5.38. The molecule has 0 nitrogen and oxygen atoms in total. The van der Waals surface area contributed by atoms with Crippen molar-refractivity contribution in [3.05, 3.63) is 0 Å². The Morgan fingerprint density at radius 1 is 0.750 bits per heavy atom. The van der Waals surface area contributed by atoms with E-state index in [0.717, 1.165) is 17.8 Å². The molecule has 2 unspecified atom stereocenters. The van der Waals surface area contributed by atoms with Gasteiger partial charge in [-0.3, -0.25) is 0 Å². The van der Waals surface area contributed by atoms with Crippen LogP contribution in [-0.4, -0.2) is 0 Å². The first kappa shape index (κ1) is 14.1. The van der Waals surface area contributed by atoms with Crippen LogP contribution in [0.25, 0.3) is 0 Å². The zero-order chi connectivity index (χ0) is 12.9. The summed E-state index contributed by atoms with van der Waals surface area (Å²) in [6, 6.07) is 0. The fraction of sp³-hybridized carbons (Fsp3) is 1.00. The lowest BCUT2D eigenvalue weighted by atomic mass is 9.40. The lowest BCUT2D eigenvalue weighted by Gasteiger charge is -2.65. The van der Waals surface area contributed by atoms with E-state index in [0.29, 0.717) is 16.2 Å². The van der Waals surface area contributed by atoms with Crippen molar-refractivity contribution in [1.29, 1.82) is 0 Å². The highest BCUT2D eigenvalue weighted by atomic mass is 14.6. The van der Waals surface area contributed by atoms with Crippen molar-refractivity contribution in [2.24, 2.45) is 34.0 Å². The Kier molecular flexibility index (Phi) is 3.30. The zero-order valence-corrected chi connectivity index (χ0v) is 12.9. The summed E-state index contributed by atoms with van der Waals surface area (Å²) in [5, 5.41) is 0. The highest BCUT2D eigenvalue weighted by Gasteiger charge is 2.59. The largest absolute Gasteiger partial charge is 0.0651 e. The Balaban J connectivity index is 3.28. The normalized spacial score (nSPS) is 40.7. The summed E-state index contributed by atoms with van der Waals surface area (Å²) in [5.74, 6) is 2.50. The Morgan fingerprint density at radius 2 is 1.06 bits per heavy atom. The second kappa shape index (κ2) is 3.75. The van der Waals surface area contributed by atoms with Crippen LogP contribution in [0.15, 0.2) is 0 Å². The van der Waals surface area contributed by atoms with E-state index in [4.69, 9.17) is 0 Å². The third kappa shape index (κ3) is 1.48. The van der Waals surface area contributed by atoms with Gasteiger partial charge in [-0.25, -0.2) is 0 Å². The van der Waals surface area contributed by atoms with E-state index in [-0.39, 0.29) is 0 Å². The lowest BCUT2D eigenvalue weighted by molar-refractivity contribution is -0.165. The molecule has 0 aliphatic heterocycles. The van der Waals surface area contributed by atoms with Crippen molar-refractivity contribution in [1.82, 2.24) is 0 Å². The molecule has 16 heavy (non-hydrogen) atoms. The van der Waals surface area contributed by atoms with Gasteiger partial charge in [0.2, 0.25) is 0 Å². The molecule has 1 saturated carbocycles. The third-order valence-corrected chi connectivity index (χ3v) is 7.25. The van der Waals surface area contributed by atoms with Crippen LogP contribution in [0.5, 0.6) is 0 Å². The molecule has 0 radical (unpaired) electrons. The number of hydrogen-bond acceptors (Lipinski definition) is 0. The summed E-state index contributed by atoms with van der Waals surface area (Å²) in [6.07, 6.45) is 1.32. The standard InChI is InChI=1S/C16H32/c1-10-13-11(2)14(4,5)16(8,9)15(6,7)12(13)3/h11-13H,10H2,1-9H3. The Hall–Kier alpha value is 0. The molecule has 0 spiro atoms. The van der Waals surface area contributed by atoms with Crippen LogP contribution in [0.2, 0.25) is 0 Å². The Labute approximate surface area is 103 Å². The van der Waals surface area contributed by atoms with Crippen molar-refractivity contribution in [3.8, 4) is 0 Å². The minimum atomic E-state index is 0.393. The summed E-state index contributed by atoms with van der Waals surface area (Å²) < 4.78 is 0. The second-order valence-electron chi connectivity index (χ2n) is 7.72. The van der Waals surface area contributed by atoms with Crippen molar-refractivity contribution in [2.75, 3.05) is 0 Å². The van der Waals surface area contributed by atoms with E-state index >= 15 is 0 Å². The van der Waals surface area contributed by atoms with Gasteiger partial charge in [0, 0.05) is 0 Å². The topological polar surface area (TPSA) is 0 Å². The molecule has 1 rings (SSSR count). The molecule has 1 fully saturated rings. The molecule has 1 aliphatic carbocycles. The molecule has 0 N–H and O–H groups in total. The molecule has 0 aromatic carbocycles. The van der Waals surface area contributed by atoms with Crippen LogP contribution >= 0.6 is 0 Å². The Bertz CT molecular complexity index is 233. The molecular weight excluding hydrogens is 192 g/mol. The van der Waals surface area contributed by atoms with Gasteiger partial charge < -0.3 is 0 Å². The molecular formula is C16H32. The summed E-state index contributed by atoms with van der Waals surface area (Å²) in [7, 11) is 0. The van der Waals surface area contributed by atoms with Gasteiger partial charge in [-0.2, -0.15) is 0 Å². The van der Waals surface area contributed by atoms with E-state index in [2.05, 4.69) is 62.3 Å². The van der Waals surface area contributed by atoms with Crippen LogP contribution in [-0.2, 0) is 0 Å². The van der Waals surface area contributed by atoms with Crippen molar-refractivity contribution in [3.63, 3.8) is 0 Å². The molecule has 0 saturated heterocycles. The first-order valence-electron chi connectivity index (χ1n) is 7.01. The monoisotopic (exact) mass is 224 g/mol. The summed E-state index contributed by atoms with van der Waals surface area (Å²) in [5.41, 5.74) is 1.23. The molecule has 1 aliphatic rings. The van der Waals surface area contributed by atoms with E-state index < -0.39 is 0 Å². The first-order valence-corrected chi connectivity index (χ1v) is 7.01. The maximum Gasteiger partial charge on any atom is -0.0246 e. The van der Waals surface area contributed by atoms with Gasteiger partial charge >= 0.3 is 0 Å². The van der Waals surface area contributed by atoms with Crippen molar-refractivity contribution >= 4 is 0 Å². The quantitative estimate of drug-likeness (QED) is 0.561. The number of rotatable bonds is 1. The molecule has 2 atom stereocenters. The van der Waals surface area contributed by atoms with Gasteiger partial charge in [0.15, 0.2) is 0 Å². The van der Waals surface area contributed by atoms with Gasteiger partial charge in [-0.15, -0.1) is 0 Å². The molecule has 0 bridgehead atoms. The SMILES string of the molecule is CCC1C(C)C(C)(C)C(C)(C)C(C)(C)C1C. The highest BCUT2D eigenvalue weighted by Crippen LogP contribution is 2.65. The van der Waals surface area contributed by atoms with Crippen LogP contribution in [0, 0.1) is 34.0 Å².